The van der Waals surface area contributed by atoms with Crippen molar-refractivity contribution in [3.63, 3.8) is 0 Å². The number of fused-ring (bicyclic) bond motifs is 1. The van der Waals surface area contributed by atoms with Crippen LogP contribution in [0.2, 0.25) is 0 Å². The fourth-order valence-corrected chi connectivity index (χ4v) is 4.19. The summed E-state index contributed by atoms with van der Waals surface area (Å²) >= 11 is 1.75. The third kappa shape index (κ3) is 5.63. The molecule has 28 heavy (non-hydrogen) atoms. The molecule has 5 heteroatoms. The molecule has 1 aliphatic carbocycles. The number of carbonyl (C=O) groups excluding carboxylic acids is 1. The van der Waals surface area contributed by atoms with Crippen molar-refractivity contribution in [2.75, 3.05) is 11.9 Å². The zero-order valence-electron chi connectivity index (χ0n) is 16.0. The number of anilines is 1. The molecule has 0 aliphatic heterocycles. The zero-order chi connectivity index (χ0) is 19.2. The van der Waals surface area contributed by atoms with Crippen LogP contribution in [0.3, 0.4) is 0 Å². The zero-order valence-corrected chi connectivity index (χ0v) is 16.8. The second-order valence-electron chi connectivity index (χ2n) is 7.49. The molecule has 1 fully saturated rings. The lowest BCUT2D eigenvalue weighted by Crippen LogP contribution is -2.11. The molecule has 4 nitrogen and oxygen atoms in total. The van der Waals surface area contributed by atoms with Crippen LogP contribution < -0.4 is 5.32 Å². The molecule has 0 unspecified atom stereocenters. The summed E-state index contributed by atoms with van der Waals surface area (Å²) in [6, 6.07) is 16.2. The molecule has 4 rings (SSSR count). The van der Waals surface area contributed by atoms with Gasteiger partial charge in [0.05, 0.1) is 21.8 Å². The van der Waals surface area contributed by atoms with E-state index >= 15 is 0 Å². The summed E-state index contributed by atoms with van der Waals surface area (Å²) < 4.78 is 6.96. The van der Waals surface area contributed by atoms with E-state index < -0.39 is 0 Å². The molecule has 0 spiro atoms. The molecule has 1 N–H and O–H groups in total. The second-order valence-corrected chi connectivity index (χ2v) is 8.60. The van der Waals surface area contributed by atoms with Crippen LogP contribution in [0.1, 0.15) is 42.7 Å². The molecule has 1 aromatic heterocycles. The van der Waals surface area contributed by atoms with Gasteiger partial charge in [0.25, 0.3) is 0 Å². The molecule has 0 atom stereocenters. The number of nitrogens with zero attached hydrogens (tertiary/aromatic N) is 1. The van der Waals surface area contributed by atoms with Crippen LogP contribution in [0.4, 0.5) is 5.69 Å². The van der Waals surface area contributed by atoms with Crippen molar-refractivity contribution in [2.45, 2.75) is 45.1 Å². The number of benzene rings is 2. The van der Waals surface area contributed by atoms with Gasteiger partial charge in [-0.1, -0.05) is 24.3 Å². The Hall–Kier alpha value is -2.24. The van der Waals surface area contributed by atoms with Crippen molar-refractivity contribution < 1.29 is 9.53 Å². The number of aryl methyl sites for hydroxylation is 1. The van der Waals surface area contributed by atoms with Crippen LogP contribution in [0.25, 0.3) is 10.2 Å². The third-order valence-electron chi connectivity index (χ3n) is 4.91. The Morgan fingerprint density at radius 3 is 2.89 bits per heavy atom. The van der Waals surface area contributed by atoms with E-state index in [1.807, 2.05) is 42.5 Å². The van der Waals surface area contributed by atoms with E-state index in [0.717, 1.165) is 53.6 Å². The number of unbranched alkanes of at least 4 members (excludes halogenated alkanes) is 1. The van der Waals surface area contributed by atoms with Crippen LogP contribution in [0.5, 0.6) is 0 Å². The normalized spacial score (nSPS) is 13.7. The smallest absolute Gasteiger partial charge is 0.224 e. The summed E-state index contributed by atoms with van der Waals surface area (Å²) in [4.78, 5) is 16.9. The summed E-state index contributed by atoms with van der Waals surface area (Å²) in [5.74, 6) is 0.839. The molecule has 1 amide bonds. The Morgan fingerprint density at radius 2 is 2.04 bits per heavy atom. The second kappa shape index (κ2) is 9.30. The van der Waals surface area contributed by atoms with Gasteiger partial charge >= 0.3 is 0 Å². The van der Waals surface area contributed by atoms with Crippen LogP contribution in [-0.4, -0.2) is 17.5 Å². The standard InChI is InChI=1S/C23H26N2O2S/c26-22(10-3-4-11-23-25-20-8-1-2-9-21(20)28-23)24-19-7-5-6-18(14-19)16-27-15-17-12-13-17/h1-2,5-9,14,17H,3-4,10-13,15-16H2,(H,24,26). The number of aromatic nitrogens is 1. The van der Waals surface area contributed by atoms with E-state index in [4.69, 9.17) is 4.74 Å². The first-order chi connectivity index (χ1) is 13.8. The number of thiazole rings is 1. The van der Waals surface area contributed by atoms with E-state index in [-0.39, 0.29) is 5.91 Å². The summed E-state index contributed by atoms with van der Waals surface area (Å²) in [5, 5.41) is 4.16. The largest absolute Gasteiger partial charge is 0.376 e. The molecule has 146 valence electrons. The SMILES string of the molecule is O=C(CCCCc1nc2ccccc2s1)Nc1cccc(COCC2CC2)c1. The molecule has 1 saturated carbocycles. The first kappa shape index (κ1) is 19.1. The topological polar surface area (TPSA) is 51.2 Å². The monoisotopic (exact) mass is 394 g/mol. The maximum atomic E-state index is 12.2. The summed E-state index contributed by atoms with van der Waals surface area (Å²) in [6.07, 6.45) is 5.91. The first-order valence-electron chi connectivity index (χ1n) is 10.1. The molecule has 0 radical (unpaired) electrons. The van der Waals surface area contributed by atoms with Gasteiger partial charge in [-0.05, 0) is 67.9 Å². The Morgan fingerprint density at radius 1 is 1.14 bits per heavy atom. The highest BCUT2D eigenvalue weighted by molar-refractivity contribution is 7.18. The minimum atomic E-state index is 0.0698. The van der Waals surface area contributed by atoms with Crippen molar-refractivity contribution in [1.29, 1.82) is 0 Å². The lowest BCUT2D eigenvalue weighted by molar-refractivity contribution is -0.116. The highest BCUT2D eigenvalue weighted by Gasteiger charge is 2.21. The fourth-order valence-electron chi connectivity index (χ4n) is 3.18. The summed E-state index contributed by atoms with van der Waals surface area (Å²) in [6.45, 7) is 1.47. The van der Waals surface area contributed by atoms with E-state index in [9.17, 15) is 4.79 Å². The molecular formula is C23H26N2O2S. The number of ether oxygens (including phenoxy) is 1. The number of nitrogens with one attached hydrogen (secondary N) is 1. The number of hydrogen-bond acceptors (Lipinski definition) is 4. The van der Waals surface area contributed by atoms with Crippen molar-refractivity contribution in [3.05, 3.63) is 59.1 Å². The van der Waals surface area contributed by atoms with Crippen LogP contribution in [0.15, 0.2) is 48.5 Å². The van der Waals surface area contributed by atoms with Gasteiger partial charge in [-0.2, -0.15) is 0 Å². The molecular weight excluding hydrogens is 368 g/mol. The number of carbonyl (C=O) groups is 1. The number of amides is 1. The molecule has 1 aliphatic rings. The van der Waals surface area contributed by atoms with E-state index in [2.05, 4.69) is 16.4 Å². The van der Waals surface area contributed by atoms with Gasteiger partial charge in [0, 0.05) is 18.7 Å². The predicted octanol–water partition coefficient (Wildman–Crippen LogP) is 5.57. The maximum Gasteiger partial charge on any atom is 0.224 e. The molecule has 0 bridgehead atoms. The Bertz CT molecular complexity index is 900. The Kier molecular flexibility index (Phi) is 6.34. The van der Waals surface area contributed by atoms with E-state index in [0.29, 0.717) is 13.0 Å². The van der Waals surface area contributed by atoms with Crippen molar-refractivity contribution in [2.24, 2.45) is 5.92 Å². The van der Waals surface area contributed by atoms with E-state index in [1.54, 1.807) is 11.3 Å². The van der Waals surface area contributed by atoms with Crippen molar-refractivity contribution >= 4 is 33.1 Å². The van der Waals surface area contributed by atoms with Crippen molar-refractivity contribution in [1.82, 2.24) is 4.98 Å². The maximum absolute atomic E-state index is 12.2. The van der Waals surface area contributed by atoms with Gasteiger partial charge in [0.1, 0.15) is 0 Å². The van der Waals surface area contributed by atoms with Crippen LogP contribution >= 0.6 is 11.3 Å². The van der Waals surface area contributed by atoms with Crippen LogP contribution in [-0.2, 0) is 22.6 Å². The van der Waals surface area contributed by atoms with Gasteiger partial charge in [0.15, 0.2) is 0 Å². The molecule has 1 heterocycles. The van der Waals surface area contributed by atoms with Gasteiger partial charge < -0.3 is 10.1 Å². The summed E-state index contributed by atoms with van der Waals surface area (Å²) in [7, 11) is 0. The summed E-state index contributed by atoms with van der Waals surface area (Å²) in [5.41, 5.74) is 3.03. The predicted molar refractivity (Wildman–Crippen MR) is 115 cm³/mol. The molecule has 3 aromatic rings. The lowest BCUT2D eigenvalue weighted by Gasteiger charge is -2.08. The minimum Gasteiger partial charge on any atom is -0.376 e. The average molecular weight is 395 g/mol. The van der Waals surface area contributed by atoms with Gasteiger partial charge in [0.2, 0.25) is 5.91 Å². The van der Waals surface area contributed by atoms with E-state index in [1.165, 1.54) is 17.5 Å². The first-order valence-corrected chi connectivity index (χ1v) is 10.9. The average Bonchev–Trinajstić information content (AvgIpc) is 3.42. The number of para-hydroxylation sites is 1. The lowest BCUT2D eigenvalue weighted by atomic mass is 10.1. The highest BCUT2D eigenvalue weighted by atomic mass is 32.1. The Labute approximate surface area is 169 Å². The van der Waals surface area contributed by atoms with Crippen molar-refractivity contribution in [3.8, 4) is 0 Å². The highest BCUT2D eigenvalue weighted by Crippen LogP contribution is 2.29. The Balaban J connectivity index is 1.17. The van der Waals surface area contributed by atoms with Gasteiger partial charge in [-0.25, -0.2) is 4.98 Å². The fraction of sp³-hybridized carbons (Fsp3) is 0.391. The molecule has 2 aromatic carbocycles. The van der Waals surface area contributed by atoms with Crippen LogP contribution in [0, 0.1) is 5.92 Å². The number of rotatable bonds is 10. The minimum absolute atomic E-state index is 0.0698. The molecule has 0 saturated heterocycles. The third-order valence-corrected chi connectivity index (χ3v) is 6.01. The number of hydrogen-bond donors (Lipinski definition) is 1. The van der Waals surface area contributed by atoms with Gasteiger partial charge in [-0.3, -0.25) is 4.79 Å². The van der Waals surface area contributed by atoms with Gasteiger partial charge in [-0.15, -0.1) is 11.3 Å². The quantitative estimate of drug-likeness (QED) is 0.457.